The first kappa shape index (κ1) is 19.9. The minimum Gasteiger partial charge on any atom is -0.339 e. The fourth-order valence-corrected chi connectivity index (χ4v) is 3.86. The van der Waals surface area contributed by atoms with Crippen molar-refractivity contribution in [3.8, 4) is 11.1 Å². The Morgan fingerprint density at radius 2 is 1.27 bits per heavy atom. The first-order valence-electron chi connectivity index (χ1n) is 10.6. The average molecular weight is 399 g/mol. The highest BCUT2D eigenvalue weighted by atomic mass is 16.2. The molecule has 2 amide bonds. The van der Waals surface area contributed by atoms with Crippen LogP contribution in [0.5, 0.6) is 0 Å². The lowest BCUT2D eigenvalue weighted by atomic mass is 10.0. The molecular formula is C26H26N2O2. The number of carbonyl (C=O) groups is 2. The number of hydrogen-bond donors (Lipinski definition) is 1. The molecule has 1 aliphatic heterocycles. The summed E-state index contributed by atoms with van der Waals surface area (Å²) in [4.78, 5) is 27.8. The van der Waals surface area contributed by atoms with Crippen molar-refractivity contribution in [2.24, 2.45) is 0 Å². The van der Waals surface area contributed by atoms with E-state index in [4.69, 9.17) is 0 Å². The summed E-state index contributed by atoms with van der Waals surface area (Å²) in [6, 6.07) is 24.8. The molecule has 0 spiro atoms. The molecule has 0 saturated carbocycles. The van der Waals surface area contributed by atoms with Gasteiger partial charge in [-0.3, -0.25) is 9.59 Å². The number of amides is 2. The Labute approximate surface area is 177 Å². The highest BCUT2D eigenvalue weighted by Gasteiger charge is 2.20. The molecule has 3 aromatic rings. The van der Waals surface area contributed by atoms with Crippen molar-refractivity contribution in [2.75, 3.05) is 18.4 Å². The smallest absolute Gasteiger partial charge is 0.255 e. The van der Waals surface area contributed by atoms with Gasteiger partial charge in [-0.05, 0) is 48.2 Å². The molecule has 1 aliphatic rings. The molecule has 1 heterocycles. The monoisotopic (exact) mass is 398 g/mol. The topological polar surface area (TPSA) is 49.4 Å². The number of para-hydroxylation sites is 1. The standard InChI is InChI=1S/C26H26N2O2/c29-25(22-16-14-21(15-17-22)20-10-4-3-5-11-20)27-24-13-7-6-12-23(24)26(30)28-18-8-1-2-9-19-28/h3-7,10-17H,1-2,8-9,18-19H2,(H,27,29). The van der Waals surface area contributed by atoms with E-state index in [0.717, 1.165) is 37.1 Å². The molecule has 3 aromatic carbocycles. The Hall–Kier alpha value is -3.40. The predicted molar refractivity (Wildman–Crippen MR) is 121 cm³/mol. The van der Waals surface area contributed by atoms with Gasteiger partial charge in [0.2, 0.25) is 0 Å². The summed E-state index contributed by atoms with van der Waals surface area (Å²) in [5, 5.41) is 2.94. The van der Waals surface area contributed by atoms with Gasteiger partial charge in [0.05, 0.1) is 11.3 Å². The molecule has 1 saturated heterocycles. The summed E-state index contributed by atoms with van der Waals surface area (Å²) in [6.07, 6.45) is 4.41. The Kier molecular flexibility index (Phi) is 6.23. The van der Waals surface area contributed by atoms with Crippen LogP contribution in [0, 0.1) is 0 Å². The molecule has 0 bridgehead atoms. The number of hydrogen-bond acceptors (Lipinski definition) is 2. The summed E-state index contributed by atoms with van der Waals surface area (Å²) in [5.74, 6) is -0.224. The minimum absolute atomic E-state index is 0.00720. The van der Waals surface area contributed by atoms with E-state index in [-0.39, 0.29) is 11.8 Å². The summed E-state index contributed by atoms with van der Waals surface area (Å²) in [6.45, 7) is 1.56. The van der Waals surface area contributed by atoms with Gasteiger partial charge in [0.15, 0.2) is 0 Å². The third kappa shape index (κ3) is 4.60. The van der Waals surface area contributed by atoms with E-state index in [9.17, 15) is 9.59 Å². The van der Waals surface area contributed by atoms with Gasteiger partial charge in [0.25, 0.3) is 11.8 Å². The van der Waals surface area contributed by atoms with Crippen LogP contribution in [0.1, 0.15) is 46.4 Å². The van der Waals surface area contributed by atoms with Gasteiger partial charge in [-0.1, -0.05) is 67.4 Å². The summed E-state index contributed by atoms with van der Waals surface area (Å²) >= 11 is 0. The van der Waals surface area contributed by atoms with E-state index in [1.165, 1.54) is 12.8 Å². The first-order chi connectivity index (χ1) is 14.7. The zero-order chi connectivity index (χ0) is 20.8. The van der Waals surface area contributed by atoms with Gasteiger partial charge in [0.1, 0.15) is 0 Å². The Morgan fingerprint density at radius 1 is 0.667 bits per heavy atom. The summed E-state index contributed by atoms with van der Waals surface area (Å²) in [7, 11) is 0. The van der Waals surface area contributed by atoms with Crippen molar-refractivity contribution in [3.05, 3.63) is 90.0 Å². The van der Waals surface area contributed by atoms with Crippen molar-refractivity contribution in [1.82, 2.24) is 4.90 Å². The highest BCUT2D eigenvalue weighted by Crippen LogP contribution is 2.22. The van der Waals surface area contributed by atoms with Gasteiger partial charge < -0.3 is 10.2 Å². The van der Waals surface area contributed by atoms with Crippen LogP contribution in [0.15, 0.2) is 78.9 Å². The van der Waals surface area contributed by atoms with E-state index in [1.54, 1.807) is 12.1 Å². The third-order valence-corrected chi connectivity index (χ3v) is 5.55. The molecular weight excluding hydrogens is 372 g/mol. The highest BCUT2D eigenvalue weighted by molar-refractivity contribution is 6.09. The van der Waals surface area contributed by atoms with E-state index in [2.05, 4.69) is 5.32 Å². The van der Waals surface area contributed by atoms with Gasteiger partial charge in [0, 0.05) is 18.7 Å². The van der Waals surface area contributed by atoms with Crippen LogP contribution in [0.4, 0.5) is 5.69 Å². The largest absolute Gasteiger partial charge is 0.339 e. The second-order valence-electron chi connectivity index (χ2n) is 7.65. The van der Waals surface area contributed by atoms with Crippen molar-refractivity contribution in [3.63, 3.8) is 0 Å². The normalized spacial score (nSPS) is 14.1. The lowest BCUT2D eigenvalue weighted by Crippen LogP contribution is -2.32. The van der Waals surface area contributed by atoms with Crippen LogP contribution >= 0.6 is 0 Å². The van der Waals surface area contributed by atoms with Crippen molar-refractivity contribution < 1.29 is 9.59 Å². The van der Waals surface area contributed by atoms with E-state index >= 15 is 0 Å². The van der Waals surface area contributed by atoms with Crippen LogP contribution < -0.4 is 5.32 Å². The van der Waals surface area contributed by atoms with Gasteiger partial charge in [-0.2, -0.15) is 0 Å². The SMILES string of the molecule is O=C(Nc1ccccc1C(=O)N1CCCCCC1)c1ccc(-c2ccccc2)cc1. The molecule has 0 atom stereocenters. The second kappa shape index (κ2) is 9.40. The zero-order valence-corrected chi connectivity index (χ0v) is 17.0. The van der Waals surface area contributed by atoms with Crippen LogP contribution in [0.2, 0.25) is 0 Å². The van der Waals surface area contributed by atoms with Gasteiger partial charge >= 0.3 is 0 Å². The lowest BCUT2D eigenvalue weighted by Gasteiger charge is -2.22. The first-order valence-corrected chi connectivity index (χ1v) is 10.6. The Balaban J connectivity index is 1.50. The Bertz CT molecular complexity index is 1000. The van der Waals surface area contributed by atoms with Crippen LogP contribution in [0.25, 0.3) is 11.1 Å². The number of nitrogens with one attached hydrogen (secondary N) is 1. The second-order valence-corrected chi connectivity index (χ2v) is 7.65. The predicted octanol–water partition coefficient (Wildman–Crippen LogP) is 5.62. The Morgan fingerprint density at radius 3 is 1.97 bits per heavy atom. The maximum atomic E-state index is 13.1. The van der Waals surface area contributed by atoms with E-state index in [0.29, 0.717) is 16.8 Å². The fourth-order valence-electron chi connectivity index (χ4n) is 3.86. The molecule has 0 aromatic heterocycles. The minimum atomic E-state index is -0.217. The van der Waals surface area contributed by atoms with Gasteiger partial charge in [-0.15, -0.1) is 0 Å². The maximum Gasteiger partial charge on any atom is 0.255 e. The third-order valence-electron chi connectivity index (χ3n) is 5.55. The molecule has 30 heavy (non-hydrogen) atoms. The zero-order valence-electron chi connectivity index (χ0n) is 17.0. The number of anilines is 1. The quantitative estimate of drug-likeness (QED) is 0.620. The molecule has 0 aliphatic carbocycles. The summed E-state index contributed by atoms with van der Waals surface area (Å²) in [5.41, 5.74) is 3.84. The van der Waals surface area contributed by atoms with Crippen molar-refractivity contribution in [2.45, 2.75) is 25.7 Å². The molecule has 0 radical (unpaired) electrons. The molecule has 1 fully saturated rings. The number of nitrogens with zero attached hydrogens (tertiary/aromatic N) is 1. The van der Waals surface area contributed by atoms with Crippen molar-refractivity contribution in [1.29, 1.82) is 0 Å². The lowest BCUT2D eigenvalue weighted by molar-refractivity contribution is 0.0762. The molecule has 1 N–H and O–H groups in total. The van der Waals surface area contributed by atoms with Gasteiger partial charge in [-0.25, -0.2) is 0 Å². The maximum absolute atomic E-state index is 13.1. The molecule has 0 unspecified atom stereocenters. The van der Waals surface area contributed by atoms with Crippen LogP contribution in [-0.2, 0) is 0 Å². The van der Waals surface area contributed by atoms with Crippen LogP contribution in [-0.4, -0.2) is 29.8 Å². The molecule has 4 heteroatoms. The van der Waals surface area contributed by atoms with E-state index < -0.39 is 0 Å². The molecule has 152 valence electrons. The number of carbonyl (C=O) groups excluding carboxylic acids is 2. The molecule has 4 rings (SSSR count). The summed E-state index contributed by atoms with van der Waals surface area (Å²) < 4.78 is 0. The van der Waals surface area contributed by atoms with E-state index in [1.807, 2.05) is 71.6 Å². The molecule has 4 nitrogen and oxygen atoms in total. The van der Waals surface area contributed by atoms with Crippen LogP contribution in [0.3, 0.4) is 0 Å². The number of rotatable bonds is 4. The number of benzene rings is 3. The fraction of sp³-hybridized carbons (Fsp3) is 0.231. The average Bonchev–Trinajstić information content (AvgIpc) is 3.09. The number of likely N-dealkylation sites (tertiary alicyclic amines) is 1. The van der Waals surface area contributed by atoms with Crippen molar-refractivity contribution >= 4 is 17.5 Å².